The second-order valence-electron chi connectivity index (χ2n) is 5.85. The molecule has 26 heavy (non-hydrogen) atoms. The van der Waals surface area contributed by atoms with Crippen LogP contribution in [0.3, 0.4) is 0 Å². The second-order valence-corrected chi connectivity index (χ2v) is 6.84. The zero-order chi connectivity index (χ0) is 18.3. The molecular weight excluding hydrogens is 350 g/mol. The summed E-state index contributed by atoms with van der Waals surface area (Å²) >= 11 is 1.32. The van der Waals surface area contributed by atoms with Crippen LogP contribution in [0.15, 0.2) is 40.2 Å². The van der Waals surface area contributed by atoms with E-state index in [1.54, 1.807) is 13.3 Å². The Morgan fingerprint density at radius 2 is 2.12 bits per heavy atom. The largest absolute Gasteiger partial charge is 0.497 e. The molecule has 0 atom stereocenters. The molecule has 0 aliphatic carbocycles. The average Bonchev–Trinajstić information content (AvgIpc) is 3.00. The number of methoxy groups -OCH3 is 1. The third-order valence-corrected chi connectivity index (χ3v) is 5.04. The summed E-state index contributed by atoms with van der Waals surface area (Å²) in [5.41, 5.74) is 3.00. The van der Waals surface area contributed by atoms with Gasteiger partial charge in [0.1, 0.15) is 20.8 Å². The molecule has 4 rings (SSSR count). The predicted octanol–water partition coefficient (Wildman–Crippen LogP) is 2.91. The minimum Gasteiger partial charge on any atom is -0.497 e. The van der Waals surface area contributed by atoms with Gasteiger partial charge in [-0.15, -0.1) is 16.4 Å². The standard InChI is InChI=1S/C18H15N5O2S/c1-10-7-11(2)20-17-14(10)15-16(26-17)18(24)23(22-21-15)19-9-12-5-4-6-13(8-12)25-3/h4-9H,1-3H3/b19-9-. The van der Waals surface area contributed by atoms with Crippen LogP contribution in [0.5, 0.6) is 5.75 Å². The molecule has 8 heteroatoms. The lowest BCUT2D eigenvalue weighted by Crippen LogP contribution is -2.19. The Morgan fingerprint density at radius 3 is 2.92 bits per heavy atom. The molecule has 130 valence electrons. The Bertz CT molecular complexity index is 1230. The van der Waals surface area contributed by atoms with Gasteiger partial charge in [-0.3, -0.25) is 4.79 Å². The lowest BCUT2D eigenvalue weighted by atomic mass is 10.1. The number of hydrogen-bond acceptors (Lipinski definition) is 7. The first-order valence-corrected chi connectivity index (χ1v) is 8.73. The summed E-state index contributed by atoms with van der Waals surface area (Å²) < 4.78 is 5.68. The van der Waals surface area contributed by atoms with Crippen LogP contribution >= 0.6 is 11.3 Å². The van der Waals surface area contributed by atoms with Gasteiger partial charge < -0.3 is 4.74 Å². The van der Waals surface area contributed by atoms with E-state index in [1.807, 2.05) is 44.2 Å². The highest BCUT2D eigenvalue weighted by Crippen LogP contribution is 2.31. The molecule has 1 aromatic carbocycles. The van der Waals surface area contributed by atoms with Crippen LogP contribution in [-0.2, 0) is 0 Å². The van der Waals surface area contributed by atoms with E-state index in [4.69, 9.17) is 4.74 Å². The summed E-state index contributed by atoms with van der Waals surface area (Å²) in [6, 6.07) is 9.33. The molecule has 3 aromatic heterocycles. The minimum atomic E-state index is -0.311. The van der Waals surface area contributed by atoms with Gasteiger partial charge in [0.05, 0.1) is 13.3 Å². The lowest BCUT2D eigenvalue weighted by Gasteiger charge is -2.00. The van der Waals surface area contributed by atoms with E-state index in [1.165, 1.54) is 11.3 Å². The molecule has 0 saturated carbocycles. The molecule has 0 saturated heterocycles. The highest BCUT2D eigenvalue weighted by atomic mass is 32.1. The molecule has 0 bridgehead atoms. The quantitative estimate of drug-likeness (QED) is 0.521. The number of ether oxygens (including phenoxy) is 1. The van der Waals surface area contributed by atoms with Crippen LogP contribution in [0, 0.1) is 13.8 Å². The van der Waals surface area contributed by atoms with Gasteiger partial charge in [0, 0.05) is 11.1 Å². The molecular formula is C18H15N5O2S. The number of fused-ring (bicyclic) bond motifs is 3. The number of thiophene rings is 1. The molecule has 3 heterocycles. The molecule has 7 nitrogen and oxygen atoms in total. The first kappa shape index (κ1) is 16.3. The maximum absolute atomic E-state index is 12.7. The van der Waals surface area contributed by atoms with E-state index in [-0.39, 0.29) is 5.56 Å². The van der Waals surface area contributed by atoms with Crippen molar-refractivity contribution < 1.29 is 4.74 Å². The lowest BCUT2D eigenvalue weighted by molar-refractivity contribution is 0.414. The highest BCUT2D eigenvalue weighted by molar-refractivity contribution is 7.25. The number of rotatable bonds is 3. The van der Waals surface area contributed by atoms with Crippen molar-refractivity contribution in [2.75, 3.05) is 7.11 Å². The fourth-order valence-corrected chi connectivity index (χ4v) is 3.95. The smallest absolute Gasteiger partial charge is 0.309 e. The van der Waals surface area contributed by atoms with Gasteiger partial charge in [-0.2, -0.15) is 5.10 Å². The zero-order valence-electron chi connectivity index (χ0n) is 14.4. The Labute approximate surface area is 152 Å². The van der Waals surface area contributed by atoms with Crippen LogP contribution in [0.25, 0.3) is 20.4 Å². The van der Waals surface area contributed by atoms with Gasteiger partial charge in [-0.1, -0.05) is 16.9 Å². The third kappa shape index (κ3) is 2.74. The Balaban J connectivity index is 1.83. The molecule has 0 unspecified atom stereocenters. The molecule has 0 amide bonds. The monoisotopic (exact) mass is 365 g/mol. The third-order valence-electron chi connectivity index (χ3n) is 3.98. The van der Waals surface area contributed by atoms with E-state index in [2.05, 4.69) is 20.4 Å². The van der Waals surface area contributed by atoms with Gasteiger partial charge >= 0.3 is 5.56 Å². The first-order chi connectivity index (χ1) is 12.6. The van der Waals surface area contributed by atoms with Crippen molar-refractivity contribution in [2.45, 2.75) is 13.8 Å². The number of aromatic nitrogens is 4. The number of aryl methyl sites for hydroxylation is 2. The fourth-order valence-electron chi connectivity index (χ4n) is 2.80. The highest BCUT2D eigenvalue weighted by Gasteiger charge is 2.15. The number of pyridine rings is 1. The maximum Gasteiger partial charge on any atom is 0.309 e. The number of hydrogen-bond donors (Lipinski definition) is 0. The van der Waals surface area contributed by atoms with Crippen LogP contribution in [0.1, 0.15) is 16.8 Å². The number of benzene rings is 1. The Hall–Kier alpha value is -3.13. The predicted molar refractivity (Wildman–Crippen MR) is 102 cm³/mol. The van der Waals surface area contributed by atoms with Gasteiger partial charge in [-0.25, -0.2) is 4.98 Å². The van der Waals surface area contributed by atoms with Crippen molar-refractivity contribution in [3.8, 4) is 5.75 Å². The van der Waals surface area contributed by atoms with Gasteiger partial charge in [0.2, 0.25) is 0 Å². The van der Waals surface area contributed by atoms with E-state index < -0.39 is 0 Å². The van der Waals surface area contributed by atoms with Crippen molar-refractivity contribution >= 4 is 38.0 Å². The SMILES string of the molecule is COc1cccc(/C=N\n2nnc3c(sc4nc(C)cc(C)c43)c2=O)c1. The summed E-state index contributed by atoms with van der Waals surface area (Å²) in [6.07, 6.45) is 1.55. The van der Waals surface area contributed by atoms with Crippen LogP contribution in [0.2, 0.25) is 0 Å². The van der Waals surface area contributed by atoms with E-state index >= 15 is 0 Å². The van der Waals surface area contributed by atoms with Crippen molar-refractivity contribution in [1.82, 2.24) is 20.1 Å². The Kier molecular flexibility index (Phi) is 3.96. The normalized spacial score (nSPS) is 11.7. The van der Waals surface area contributed by atoms with E-state index in [9.17, 15) is 4.79 Å². The summed E-state index contributed by atoms with van der Waals surface area (Å²) in [4.78, 5) is 19.0. The van der Waals surface area contributed by atoms with E-state index in [0.717, 1.165) is 31.8 Å². The van der Waals surface area contributed by atoms with Crippen molar-refractivity contribution in [2.24, 2.45) is 5.10 Å². The molecule has 0 radical (unpaired) electrons. The molecule has 0 spiro atoms. The van der Waals surface area contributed by atoms with Gasteiger partial charge in [-0.05, 0) is 48.4 Å². The maximum atomic E-state index is 12.7. The molecule has 0 fully saturated rings. The molecule has 0 aliphatic rings. The van der Waals surface area contributed by atoms with Crippen molar-refractivity contribution in [3.05, 3.63) is 57.5 Å². The van der Waals surface area contributed by atoms with E-state index in [0.29, 0.717) is 16.0 Å². The fraction of sp³-hybridized carbons (Fsp3) is 0.167. The average molecular weight is 365 g/mol. The summed E-state index contributed by atoms with van der Waals surface area (Å²) in [6.45, 7) is 3.91. The molecule has 0 aliphatic heterocycles. The zero-order valence-corrected chi connectivity index (χ0v) is 15.2. The summed E-state index contributed by atoms with van der Waals surface area (Å²) in [7, 11) is 1.60. The summed E-state index contributed by atoms with van der Waals surface area (Å²) in [5, 5.41) is 13.2. The second kappa shape index (κ2) is 6.30. The Morgan fingerprint density at radius 1 is 1.27 bits per heavy atom. The minimum absolute atomic E-state index is 0.311. The van der Waals surface area contributed by atoms with Gasteiger partial charge in [0.15, 0.2) is 0 Å². The van der Waals surface area contributed by atoms with Crippen molar-refractivity contribution in [3.63, 3.8) is 0 Å². The molecule has 4 aromatic rings. The van der Waals surface area contributed by atoms with Crippen LogP contribution in [0.4, 0.5) is 0 Å². The van der Waals surface area contributed by atoms with Gasteiger partial charge in [0.25, 0.3) is 0 Å². The van der Waals surface area contributed by atoms with Crippen LogP contribution in [-0.4, -0.2) is 33.4 Å². The topological polar surface area (TPSA) is 82.3 Å². The molecule has 0 N–H and O–H groups in total. The first-order valence-electron chi connectivity index (χ1n) is 7.91. The summed E-state index contributed by atoms with van der Waals surface area (Å²) in [5.74, 6) is 0.712. The van der Waals surface area contributed by atoms with Crippen LogP contribution < -0.4 is 10.3 Å². The number of nitrogens with zero attached hydrogens (tertiary/aromatic N) is 5. The van der Waals surface area contributed by atoms with Crippen molar-refractivity contribution in [1.29, 1.82) is 0 Å².